The first kappa shape index (κ1) is 63.9. The Labute approximate surface area is 613 Å². The van der Waals surface area contributed by atoms with Gasteiger partial charge in [-0.1, -0.05) is 255 Å². The van der Waals surface area contributed by atoms with Gasteiger partial charge in [0.05, 0.1) is 0 Å². The van der Waals surface area contributed by atoms with Crippen LogP contribution < -0.4 is 9.80 Å². The van der Waals surface area contributed by atoms with E-state index in [0.717, 1.165) is 44.7 Å². The fourth-order valence-electron chi connectivity index (χ4n) is 19.3. The second-order valence-electron chi connectivity index (χ2n) is 34.1. The van der Waals surface area contributed by atoms with Crippen LogP contribution in [0.3, 0.4) is 0 Å². The minimum atomic E-state index is -0.176. The number of para-hydroxylation sites is 3. The molecule has 0 unspecified atom stereocenters. The van der Waals surface area contributed by atoms with Crippen LogP contribution in [-0.2, 0) is 37.9 Å². The first-order valence-corrected chi connectivity index (χ1v) is 37.5. The van der Waals surface area contributed by atoms with E-state index in [4.69, 9.17) is 4.42 Å². The van der Waals surface area contributed by atoms with Gasteiger partial charge in [0, 0.05) is 67.2 Å². The van der Waals surface area contributed by atoms with Crippen molar-refractivity contribution < 1.29 is 4.42 Å². The third-order valence-corrected chi connectivity index (χ3v) is 26.8. The molecule has 0 saturated carbocycles. The maximum atomic E-state index is 6.37. The molecule has 508 valence electrons. The van der Waals surface area contributed by atoms with E-state index in [1.165, 1.54) is 144 Å². The van der Waals surface area contributed by atoms with Crippen molar-refractivity contribution in [3.05, 3.63) is 335 Å². The lowest BCUT2D eigenvalue weighted by atomic mass is 9.55. The van der Waals surface area contributed by atoms with Crippen LogP contribution in [0.15, 0.2) is 283 Å². The molecule has 0 aliphatic heterocycles. The number of benzene rings is 14. The SMILES string of the molecule is CC1(C)c2cc(N(c3ccccc3)c3ccc4c(c3)oc3ccccc34)ccc2-c2cc3c(cc21)C(C)(C)C(C)(C)c1cc2ccccc2cc1-3.CC1(C)c2ccccc2-c2ccc(N(c3ccccc3)c3ccc4c(c3)C(C)(C)c3cc5c(cc3-4)-c3cc4ccccc4cc3C(C)(C)C5(C)C)cc21. The van der Waals surface area contributed by atoms with E-state index < -0.39 is 0 Å². The van der Waals surface area contributed by atoms with Gasteiger partial charge in [0.2, 0.25) is 0 Å². The highest BCUT2D eigenvalue weighted by atomic mass is 16.3. The molecule has 0 amide bonds. The topological polar surface area (TPSA) is 19.6 Å². The third-order valence-electron chi connectivity index (χ3n) is 26.8. The average molecular weight is 1350 g/mol. The highest BCUT2D eigenvalue weighted by Gasteiger charge is 2.50. The molecule has 5 aliphatic rings. The van der Waals surface area contributed by atoms with E-state index in [1.54, 1.807) is 0 Å². The highest BCUT2D eigenvalue weighted by Crippen LogP contribution is 2.62. The number of fused-ring (bicyclic) bond motifs is 20. The Morgan fingerprint density at radius 2 is 0.500 bits per heavy atom. The number of rotatable bonds is 6. The number of nitrogens with zero attached hydrogens (tertiary/aromatic N) is 2. The van der Waals surface area contributed by atoms with Crippen LogP contribution in [-0.4, -0.2) is 0 Å². The molecule has 14 aromatic carbocycles. The largest absolute Gasteiger partial charge is 0.456 e. The van der Waals surface area contributed by atoms with Gasteiger partial charge in [-0.05, 0) is 270 Å². The molecule has 0 spiro atoms. The molecule has 5 aliphatic carbocycles. The second kappa shape index (κ2) is 22.0. The molecule has 1 aromatic heterocycles. The molecule has 3 heteroatoms. The summed E-state index contributed by atoms with van der Waals surface area (Å²) in [7, 11) is 0. The van der Waals surface area contributed by atoms with Crippen molar-refractivity contribution >= 4 is 77.6 Å². The quantitative estimate of drug-likeness (QED) is 0.165. The molecule has 0 atom stereocenters. The Morgan fingerprint density at radius 1 is 0.192 bits per heavy atom. The molecular weight excluding hydrogens is 1260 g/mol. The summed E-state index contributed by atoms with van der Waals surface area (Å²) < 4.78 is 6.37. The lowest BCUT2D eigenvalue weighted by Crippen LogP contribution is -2.43. The summed E-state index contributed by atoms with van der Waals surface area (Å²) in [6, 6.07) is 104. The molecule has 0 N–H and O–H groups in total. The average Bonchev–Trinajstić information content (AvgIpc) is 1.24. The van der Waals surface area contributed by atoms with E-state index in [1.807, 2.05) is 12.1 Å². The Hall–Kier alpha value is -11.0. The van der Waals surface area contributed by atoms with Gasteiger partial charge in [0.1, 0.15) is 11.2 Å². The standard InChI is InChI=1S/C52H47N.C49H41NO/c1-49(2)43-21-15-14-20-37(43)38-24-22-35(28-44(38)49)53(34-18-10-9-11-19-34)36-23-25-39-41-30-42-40-26-32-16-12-13-17-33(32)27-47(40)51(5,6)52(7,8)48(42)31-46(41)50(3,4)45(39)29-36;1-47(2)41-26-33(50(32-16-8-7-9-17-32)34-21-23-37-36-18-12-13-19-45(36)51-46(37)27-34)20-22-35(41)39-28-40-38-24-30-14-10-11-15-31(30)25-43(38)48(3,4)49(5,6)44(40)29-42(39)47/h9-31H,1-8H3;7-29H,1-6H3. The van der Waals surface area contributed by atoms with Crippen LogP contribution in [0.25, 0.3) is 99.1 Å². The predicted octanol–water partition coefficient (Wildman–Crippen LogP) is 27.9. The van der Waals surface area contributed by atoms with E-state index >= 15 is 0 Å². The number of furan rings is 1. The van der Waals surface area contributed by atoms with Crippen LogP contribution in [0, 0.1) is 0 Å². The molecule has 104 heavy (non-hydrogen) atoms. The Morgan fingerprint density at radius 3 is 0.962 bits per heavy atom. The number of hydrogen-bond acceptors (Lipinski definition) is 3. The summed E-state index contributed by atoms with van der Waals surface area (Å²) in [5.41, 5.74) is 35.8. The van der Waals surface area contributed by atoms with Crippen molar-refractivity contribution in [3.63, 3.8) is 0 Å². The Balaban J connectivity index is 0.000000143. The van der Waals surface area contributed by atoms with Crippen LogP contribution in [0.4, 0.5) is 34.1 Å². The fourth-order valence-corrected chi connectivity index (χ4v) is 19.3. The first-order chi connectivity index (χ1) is 49.8. The molecule has 0 saturated heterocycles. The zero-order valence-electron chi connectivity index (χ0n) is 62.4. The lowest BCUT2D eigenvalue weighted by molar-refractivity contribution is 0.299. The zero-order valence-corrected chi connectivity index (χ0v) is 62.4. The summed E-state index contributed by atoms with van der Waals surface area (Å²) in [4.78, 5) is 4.82. The van der Waals surface area contributed by atoms with Gasteiger partial charge < -0.3 is 14.2 Å². The molecule has 0 radical (unpaired) electrons. The molecule has 15 aromatic rings. The zero-order chi connectivity index (χ0) is 71.5. The minimum Gasteiger partial charge on any atom is -0.456 e. The Bertz CT molecular complexity index is 6150. The summed E-state index contributed by atoms with van der Waals surface area (Å²) >= 11 is 0. The van der Waals surface area contributed by atoms with Gasteiger partial charge in [-0.25, -0.2) is 0 Å². The van der Waals surface area contributed by atoms with Gasteiger partial charge in [-0.2, -0.15) is 0 Å². The smallest absolute Gasteiger partial charge is 0.137 e. The molecule has 0 bridgehead atoms. The summed E-state index contributed by atoms with van der Waals surface area (Å²) in [6.45, 7) is 34.0. The van der Waals surface area contributed by atoms with E-state index in [9.17, 15) is 0 Å². The van der Waals surface area contributed by atoms with Gasteiger partial charge in [0.15, 0.2) is 0 Å². The van der Waals surface area contributed by atoms with Gasteiger partial charge in [-0.15, -0.1) is 0 Å². The van der Waals surface area contributed by atoms with Crippen molar-refractivity contribution in [2.45, 2.75) is 135 Å². The van der Waals surface area contributed by atoms with Crippen molar-refractivity contribution in [2.75, 3.05) is 9.80 Å². The van der Waals surface area contributed by atoms with Gasteiger partial charge in [0.25, 0.3) is 0 Å². The van der Waals surface area contributed by atoms with Crippen molar-refractivity contribution in [2.24, 2.45) is 0 Å². The summed E-state index contributed by atoms with van der Waals surface area (Å²) in [5, 5.41) is 7.51. The highest BCUT2D eigenvalue weighted by molar-refractivity contribution is 6.06. The lowest BCUT2D eigenvalue weighted by Gasteiger charge is -2.49. The molecule has 3 nitrogen and oxygen atoms in total. The molecule has 20 rings (SSSR count). The maximum absolute atomic E-state index is 6.37. The third kappa shape index (κ3) is 8.95. The van der Waals surface area contributed by atoms with Crippen LogP contribution in [0.1, 0.15) is 153 Å². The Kier molecular flexibility index (Phi) is 13.5. The summed E-state index contributed by atoms with van der Waals surface area (Å²) in [5.74, 6) is 0. The van der Waals surface area contributed by atoms with Gasteiger partial charge >= 0.3 is 0 Å². The predicted molar refractivity (Wildman–Crippen MR) is 440 cm³/mol. The number of hydrogen-bond donors (Lipinski definition) is 0. The number of anilines is 6. The van der Waals surface area contributed by atoms with Crippen molar-refractivity contribution in [1.29, 1.82) is 0 Å². The first-order valence-electron chi connectivity index (χ1n) is 37.5. The van der Waals surface area contributed by atoms with E-state index in [2.05, 4.69) is 374 Å². The molecule has 0 fully saturated rings. The van der Waals surface area contributed by atoms with Crippen molar-refractivity contribution in [1.82, 2.24) is 0 Å². The van der Waals surface area contributed by atoms with Gasteiger partial charge in [-0.3, -0.25) is 0 Å². The maximum Gasteiger partial charge on any atom is 0.137 e. The van der Waals surface area contributed by atoms with E-state index in [-0.39, 0.29) is 37.9 Å². The van der Waals surface area contributed by atoms with Crippen LogP contribution in [0.2, 0.25) is 0 Å². The molecular formula is C101H88N2O. The normalized spacial score (nSPS) is 16.7. The minimum absolute atomic E-state index is 0.0433. The molecule has 1 heterocycles. The van der Waals surface area contributed by atoms with Crippen molar-refractivity contribution in [3.8, 4) is 55.6 Å². The van der Waals surface area contributed by atoms with Crippen LogP contribution >= 0.6 is 0 Å². The fraction of sp³-hybridized carbons (Fsp3) is 0.208. The second-order valence-corrected chi connectivity index (χ2v) is 34.1. The monoisotopic (exact) mass is 1340 g/mol. The summed E-state index contributed by atoms with van der Waals surface area (Å²) in [6.07, 6.45) is 0. The van der Waals surface area contributed by atoms with Crippen LogP contribution in [0.5, 0.6) is 0 Å². The van der Waals surface area contributed by atoms with E-state index in [0.29, 0.717) is 0 Å².